The number of nitrogens with one attached hydrogen (secondary N) is 1. The van der Waals surface area contributed by atoms with Crippen LogP contribution in [0, 0.1) is 12.7 Å². The number of rotatable bonds is 5. The number of ether oxygens (including phenoxy) is 2. The number of hydrogen-bond acceptors (Lipinski definition) is 6. The van der Waals surface area contributed by atoms with E-state index < -0.39 is 11.9 Å². The van der Waals surface area contributed by atoms with E-state index in [2.05, 4.69) is 20.1 Å². The number of benzene rings is 1. The Bertz CT molecular complexity index is 1380. The van der Waals surface area contributed by atoms with Crippen LogP contribution in [0.4, 0.5) is 20.7 Å². The molecule has 4 rings (SSSR count). The number of carbonyl (C=O) groups is 2. The van der Waals surface area contributed by atoms with Crippen molar-refractivity contribution in [2.75, 3.05) is 31.5 Å². The first-order valence-corrected chi connectivity index (χ1v) is 10.2. The highest BCUT2D eigenvalue weighted by Gasteiger charge is 2.19. The van der Waals surface area contributed by atoms with Gasteiger partial charge in [0.2, 0.25) is 0 Å². The minimum atomic E-state index is -0.613. The van der Waals surface area contributed by atoms with Gasteiger partial charge in [0.05, 0.1) is 25.9 Å². The molecule has 34 heavy (non-hydrogen) atoms. The Labute approximate surface area is 194 Å². The number of nitrogens with zero attached hydrogens (tertiary/aromatic N) is 4. The fraction of sp³-hybridized carbons (Fsp3) is 0.167. The zero-order valence-electron chi connectivity index (χ0n) is 19.0. The first-order valence-electron chi connectivity index (χ1n) is 10.2. The normalized spacial score (nSPS) is 10.7. The van der Waals surface area contributed by atoms with Crippen LogP contribution in [0.2, 0.25) is 0 Å². The van der Waals surface area contributed by atoms with Crippen molar-refractivity contribution in [2.24, 2.45) is 0 Å². The first kappa shape index (κ1) is 22.7. The summed E-state index contributed by atoms with van der Waals surface area (Å²) in [6, 6.07) is 11.2. The van der Waals surface area contributed by atoms with Gasteiger partial charge in [-0.3, -0.25) is 10.1 Å². The molecule has 0 atom stereocenters. The summed E-state index contributed by atoms with van der Waals surface area (Å²) >= 11 is 0. The van der Waals surface area contributed by atoms with Crippen molar-refractivity contribution in [1.29, 1.82) is 0 Å². The molecular formula is C24H22FN5O4. The summed E-state index contributed by atoms with van der Waals surface area (Å²) in [6.45, 7) is 1.85. The maximum absolute atomic E-state index is 13.8. The average molecular weight is 463 g/mol. The number of amides is 2. The van der Waals surface area contributed by atoms with Crippen LogP contribution < -0.4 is 15.0 Å². The van der Waals surface area contributed by atoms with Crippen LogP contribution >= 0.6 is 0 Å². The molecule has 0 aliphatic rings. The minimum Gasteiger partial charge on any atom is -0.494 e. The highest BCUT2D eigenvalue weighted by atomic mass is 19.1. The van der Waals surface area contributed by atoms with Gasteiger partial charge in [-0.2, -0.15) is 5.10 Å². The van der Waals surface area contributed by atoms with Gasteiger partial charge in [0.1, 0.15) is 5.82 Å². The maximum Gasteiger partial charge on any atom is 0.412 e. The van der Waals surface area contributed by atoms with Gasteiger partial charge in [0.25, 0.3) is 5.91 Å². The summed E-state index contributed by atoms with van der Waals surface area (Å²) < 4.78 is 25.1. The second-order valence-electron chi connectivity index (χ2n) is 7.47. The molecule has 10 heteroatoms. The summed E-state index contributed by atoms with van der Waals surface area (Å²) in [5.41, 5.74) is 3.92. The van der Waals surface area contributed by atoms with Crippen LogP contribution in [0.15, 0.2) is 54.9 Å². The van der Waals surface area contributed by atoms with E-state index in [0.29, 0.717) is 22.6 Å². The number of carbonyl (C=O) groups excluding carboxylic acids is 2. The maximum atomic E-state index is 13.8. The first-order chi connectivity index (χ1) is 16.3. The summed E-state index contributed by atoms with van der Waals surface area (Å²) in [6.07, 6.45) is 2.68. The Balaban J connectivity index is 1.69. The Kier molecular flexibility index (Phi) is 6.13. The van der Waals surface area contributed by atoms with E-state index in [1.807, 2.05) is 6.92 Å². The molecular weight excluding hydrogens is 441 g/mol. The lowest BCUT2D eigenvalue weighted by atomic mass is 10.1. The standard InChI is InChI=1S/C24H22FN5O4/c1-14-9-16(23(31)29(2)17-6-7-19(25)21(11-17)33-3)10-20-18(13-27-30(14)20)15-5-8-22(26-12-15)28-24(32)34-4/h5-13H,1-4H3,(H,26,28,32). The SMILES string of the molecule is COC(=O)Nc1ccc(-c2cnn3c(C)cc(C(=O)N(C)c4ccc(F)c(OC)c4)cc23)cn1. The summed E-state index contributed by atoms with van der Waals surface area (Å²) in [4.78, 5) is 30.3. The Morgan fingerprint density at radius 2 is 1.88 bits per heavy atom. The molecule has 2 amide bonds. The molecule has 0 aliphatic carbocycles. The van der Waals surface area contributed by atoms with Crippen molar-refractivity contribution in [3.8, 4) is 16.9 Å². The fourth-order valence-electron chi connectivity index (χ4n) is 3.55. The molecule has 0 saturated carbocycles. The van der Waals surface area contributed by atoms with Gasteiger partial charge in [-0.15, -0.1) is 0 Å². The molecule has 174 valence electrons. The molecule has 0 radical (unpaired) electrons. The van der Waals surface area contributed by atoms with Crippen LogP contribution in [0.3, 0.4) is 0 Å². The molecule has 0 saturated heterocycles. The van der Waals surface area contributed by atoms with Crippen LogP contribution in [-0.2, 0) is 4.74 Å². The molecule has 0 bridgehead atoms. The van der Waals surface area contributed by atoms with Crippen molar-refractivity contribution in [3.05, 3.63) is 71.9 Å². The number of aryl methyl sites for hydroxylation is 1. The summed E-state index contributed by atoms with van der Waals surface area (Å²) in [5, 5.41) is 6.93. The van der Waals surface area contributed by atoms with Crippen molar-refractivity contribution in [1.82, 2.24) is 14.6 Å². The molecule has 3 aromatic heterocycles. The number of hydrogen-bond donors (Lipinski definition) is 1. The van der Waals surface area contributed by atoms with Gasteiger partial charge in [0.15, 0.2) is 11.6 Å². The van der Waals surface area contributed by atoms with Crippen molar-refractivity contribution in [2.45, 2.75) is 6.92 Å². The molecule has 1 aromatic carbocycles. The zero-order chi connectivity index (χ0) is 24.4. The minimum absolute atomic E-state index is 0.0551. The number of pyridine rings is 2. The van der Waals surface area contributed by atoms with Crippen LogP contribution in [0.25, 0.3) is 16.6 Å². The second-order valence-corrected chi connectivity index (χ2v) is 7.47. The summed E-state index contributed by atoms with van der Waals surface area (Å²) in [5.74, 6) is -0.383. The van der Waals surface area contributed by atoms with Crippen molar-refractivity contribution >= 4 is 29.0 Å². The number of aromatic nitrogens is 3. The molecule has 4 aromatic rings. The van der Waals surface area contributed by atoms with E-state index in [0.717, 1.165) is 16.8 Å². The molecule has 0 aliphatic heterocycles. The zero-order valence-corrected chi connectivity index (χ0v) is 19.0. The Morgan fingerprint density at radius 1 is 1.09 bits per heavy atom. The third-order valence-electron chi connectivity index (χ3n) is 5.36. The topological polar surface area (TPSA) is 98.1 Å². The monoisotopic (exact) mass is 463 g/mol. The summed E-state index contributed by atoms with van der Waals surface area (Å²) in [7, 11) is 4.26. The lowest BCUT2D eigenvalue weighted by molar-refractivity contribution is 0.0992. The number of anilines is 2. The van der Waals surface area contributed by atoms with E-state index in [1.54, 1.807) is 48.2 Å². The van der Waals surface area contributed by atoms with E-state index >= 15 is 0 Å². The average Bonchev–Trinajstić information content (AvgIpc) is 3.28. The van der Waals surface area contributed by atoms with Crippen LogP contribution in [-0.4, -0.2) is 47.9 Å². The number of fused-ring (bicyclic) bond motifs is 1. The van der Waals surface area contributed by atoms with Gasteiger partial charge in [-0.1, -0.05) is 0 Å². The van der Waals surface area contributed by atoms with Gasteiger partial charge in [-0.25, -0.2) is 18.7 Å². The molecule has 9 nitrogen and oxygen atoms in total. The second kappa shape index (κ2) is 9.18. The van der Waals surface area contributed by atoms with Crippen molar-refractivity contribution < 1.29 is 23.5 Å². The fourth-order valence-corrected chi connectivity index (χ4v) is 3.55. The van der Waals surface area contributed by atoms with Gasteiger partial charge in [-0.05, 0) is 43.3 Å². The molecule has 0 fully saturated rings. The predicted molar refractivity (Wildman–Crippen MR) is 125 cm³/mol. The van der Waals surface area contributed by atoms with E-state index in [-0.39, 0.29) is 11.7 Å². The number of halogens is 1. The van der Waals surface area contributed by atoms with Gasteiger partial charge in [0, 0.05) is 47.4 Å². The van der Waals surface area contributed by atoms with E-state index in [9.17, 15) is 14.0 Å². The van der Waals surface area contributed by atoms with E-state index in [1.165, 1.54) is 37.3 Å². The van der Waals surface area contributed by atoms with Gasteiger partial charge >= 0.3 is 6.09 Å². The molecule has 0 spiro atoms. The number of methoxy groups -OCH3 is 2. The predicted octanol–water partition coefficient (Wildman–Crippen LogP) is 4.31. The van der Waals surface area contributed by atoms with Crippen molar-refractivity contribution in [3.63, 3.8) is 0 Å². The van der Waals surface area contributed by atoms with E-state index in [4.69, 9.17) is 4.74 Å². The lowest BCUT2D eigenvalue weighted by Gasteiger charge is -2.19. The van der Waals surface area contributed by atoms with Gasteiger partial charge < -0.3 is 14.4 Å². The molecule has 0 unspecified atom stereocenters. The third kappa shape index (κ3) is 4.25. The largest absolute Gasteiger partial charge is 0.494 e. The quantitative estimate of drug-likeness (QED) is 0.474. The molecule has 3 heterocycles. The Morgan fingerprint density at radius 3 is 2.56 bits per heavy atom. The van der Waals surface area contributed by atoms with Crippen LogP contribution in [0.1, 0.15) is 16.1 Å². The van der Waals surface area contributed by atoms with Crippen LogP contribution in [0.5, 0.6) is 5.75 Å². The lowest BCUT2D eigenvalue weighted by Crippen LogP contribution is -2.26. The molecule has 1 N–H and O–H groups in total. The highest BCUT2D eigenvalue weighted by Crippen LogP contribution is 2.28. The third-order valence-corrected chi connectivity index (χ3v) is 5.36. The Hall–Kier alpha value is -4.47. The highest BCUT2D eigenvalue weighted by molar-refractivity contribution is 6.07. The smallest absolute Gasteiger partial charge is 0.412 e.